The maximum Gasteiger partial charge on any atom is 0.127 e. The van der Waals surface area contributed by atoms with Crippen LogP contribution in [0.1, 0.15) is 0 Å². The zero-order valence-corrected chi connectivity index (χ0v) is 6.66. The van der Waals surface area contributed by atoms with Crippen LogP contribution in [0.2, 0.25) is 0 Å². The molecule has 0 aromatic heterocycles. The Morgan fingerprint density at radius 3 is 2.50 bits per heavy atom. The summed E-state index contributed by atoms with van der Waals surface area (Å²) in [5.41, 5.74) is 0. The molecule has 12 heavy (non-hydrogen) atoms. The molecule has 0 unspecified atom stereocenters. The van der Waals surface area contributed by atoms with Crippen LogP contribution in [-0.2, 0) is 0 Å². The Morgan fingerprint density at radius 1 is 0.917 bits per heavy atom. The summed E-state index contributed by atoms with van der Waals surface area (Å²) >= 11 is 0. The quantitative estimate of drug-likeness (QED) is 0.618. The Bertz CT molecular complexity index is 388. The summed E-state index contributed by atoms with van der Waals surface area (Å²) in [6.07, 6.45) is 0. The summed E-state index contributed by atoms with van der Waals surface area (Å²) in [4.78, 5) is 0. The van der Waals surface area contributed by atoms with E-state index in [0.717, 1.165) is 11.1 Å². The van der Waals surface area contributed by atoms with E-state index in [0.29, 0.717) is 0 Å². The third-order valence-corrected chi connectivity index (χ3v) is 1.91. The van der Waals surface area contributed by atoms with Gasteiger partial charge in [0, 0.05) is 5.39 Å². The molecule has 2 aromatic rings. The van der Waals surface area contributed by atoms with Crippen LogP contribution in [0.15, 0.2) is 42.5 Å². The van der Waals surface area contributed by atoms with Crippen LogP contribution in [0.4, 0.5) is 0 Å². The lowest BCUT2D eigenvalue weighted by atomic mass is 10.1. The zero-order chi connectivity index (χ0) is 8.39. The van der Waals surface area contributed by atoms with Gasteiger partial charge in [-0.25, -0.2) is 0 Å². The van der Waals surface area contributed by atoms with E-state index in [9.17, 15) is 0 Å². The van der Waals surface area contributed by atoms with Crippen LogP contribution in [0.25, 0.3) is 10.8 Å². The molecule has 0 fully saturated rings. The van der Waals surface area contributed by atoms with Crippen molar-refractivity contribution in [1.29, 1.82) is 0 Å². The van der Waals surface area contributed by atoms with Crippen molar-refractivity contribution in [1.82, 2.24) is 0 Å². The summed E-state index contributed by atoms with van der Waals surface area (Å²) in [7, 11) is 3.41. The second-order valence-electron chi connectivity index (χ2n) is 2.62. The van der Waals surface area contributed by atoms with Crippen molar-refractivity contribution >= 4 is 10.8 Å². The first-order valence-electron chi connectivity index (χ1n) is 3.81. The lowest BCUT2D eigenvalue weighted by Crippen LogP contribution is -1.80. The van der Waals surface area contributed by atoms with Crippen LogP contribution >= 0.6 is 0 Å². The first kappa shape index (κ1) is 7.17. The van der Waals surface area contributed by atoms with E-state index in [-0.39, 0.29) is 0 Å². The summed E-state index contributed by atoms with van der Waals surface area (Å²) in [5.74, 6) is 0.827. The molecular weight excluding hydrogens is 148 g/mol. The molecule has 59 valence electrons. The van der Waals surface area contributed by atoms with Gasteiger partial charge in [0.05, 0.1) is 0 Å². The second-order valence-corrected chi connectivity index (χ2v) is 2.62. The van der Waals surface area contributed by atoms with E-state index in [2.05, 4.69) is 19.2 Å². The summed E-state index contributed by atoms with van der Waals surface area (Å²) in [6.45, 7) is 0. The van der Waals surface area contributed by atoms with Crippen LogP contribution in [0, 0.1) is 7.11 Å². The number of ether oxygens (including phenoxy) is 1. The Balaban J connectivity index is 2.79. The van der Waals surface area contributed by atoms with Crippen LogP contribution in [0.3, 0.4) is 0 Å². The fourth-order valence-electron chi connectivity index (χ4n) is 1.32. The summed E-state index contributed by atoms with van der Waals surface area (Å²) < 4.78 is 4.98. The zero-order valence-electron chi connectivity index (χ0n) is 6.66. The van der Waals surface area contributed by atoms with Crippen molar-refractivity contribution < 1.29 is 4.74 Å². The van der Waals surface area contributed by atoms with Gasteiger partial charge in [-0.05, 0) is 11.5 Å². The van der Waals surface area contributed by atoms with Crippen LogP contribution in [-0.4, -0.2) is 0 Å². The number of hydrogen-bond acceptors (Lipinski definition) is 1. The molecule has 0 amide bonds. The van der Waals surface area contributed by atoms with Gasteiger partial charge in [-0.15, -0.1) is 0 Å². The highest BCUT2D eigenvalue weighted by Crippen LogP contribution is 2.24. The van der Waals surface area contributed by atoms with Crippen LogP contribution in [0.5, 0.6) is 5.75 Å². The minimum atomic E-state index is 0.827. The largest absolute Gasteiger partial charge is 0.489 e. The molecule has 0 aliphatic carbocycles. The van der Waals surface area contributed by atoms with Gasteiger partial charge in [-0.3, -0.25) is 0 Å². The Hall–Kier alpha value is -1.50. The van der Waals surface area contributed by atoms with Gasteiger partial charge in [0.25, 0.3) is 0 Å². The van der Waals surface area contributed by atoms with Gasteiger partial charge >= 0.3 is 0 Å². The monoisotopic (exact) mass is 157 g/mol. The Labute approximate surface area is 71.6 Å². The van der Waals surface area contributed by atoms with Crippen molar-refractivity contribution in [2.24, 2.45) is 0 Å². The minimum absolute atomic E-state index is 0.827. The fourth-order valence-corrected chi connectivity index (χ4v) is 1.32. The highest BCUT2D eigenvalue weighted by molar-refractivity contribution is 5.88. The molecule has 0 heterocycles. The molecule has 0 atom stereocenters. The Kier molecular flexibility index (Phi) is 1.71. The Morgan fingerprint density at radius 2 is 1.67 bits per heavy atom. The average molecular weight is 157 g/mol. The van der Waals surface area contributed by atoms with E-state index >= 15 is 0 Å². The number of rotatable bonds is 1. The van der Waals surface area contributed by atoms with E-state index in [1.54, 1.807) is 0 Å². The van der Waals surface area contributed by atoms with Gasteiger partial charge in [0.2, 0.25) is 0 Å². The molecule has 2 aromatic carbocycles. The molecule has 0 aliphatic rings. The van der Waals surface area contributed by atoms with Crippen molar-refractivity contribution in [3.8, 4) is 5.75 Å². The summed E-state index contributed by atoms with van der Waals surface area (Å²) in [6, 6.07) is 14.0. The van der Waals surface area contributed by atoms with Crippen molar-refractivity contribution in [3.05, 3.63) is 49.6 Å². The first-order valence-corrected chi connectivity index (χ1v) is 3.81. The average Bonchev–Trinajstić information content (AvgIpc) is 2.17. The molecule has 0 aliphatic heterocycles. The van der Waals surface area contributed by atoms with E-state index < -0.39 is 0 Å². The lowest BCUT2D eigenvalue weighted by molar-refractivity contribution is 0.478. The maximum absolute atomic E-state index is 4.98. The minimum Gasteiger partial charge on any atom is -0.489 e. The van der Waals surface area contributed by atoms with Crippen molar-refractivity contribution in [2.45, 2.75) is 0 Å². The van der Waals surface area contributed by atoms with Crippen molar-refractivity contribution in [3.63, 3.8) is 0 Å². The van der Waals surface area contributed by atoms with E-state index in [1.807, 2.05) is 30.3 Å². The number of benzene rings is 2. The number of fused-ring (bicyclic) bond motifs is 1. The highest BCUT2D eigenvalue weighted by Gasteiger charge is 1.97. The van der Waals surface area contributed by atoms with Gasteiger partial charge in [-0.1, -0.05) is 36.4 Å². The fraction of sp³-hybridized carbons (Fsp3) is 0. The highest BCUT2D eigenvalue weighted by atomic mass is 16.5. The lowest BCUT2D eigenvalue weighted by Gasteiger charge is -2.03. The predicted octanol–water partition coefficient (Wildman–Crippen LogP) is 3.01. The molecule has 1 radical (unpaired) electrons. The molecular formula is C11H9O. The van der Waals surface area contributed by atoms with Gasteiger partial charge in [-0.2, -0.15) is 0 Å². The molecule has 1 heteroatoms. The molecule has 0 N–H and O–H groups in total. The SMILES string of the molecule is [CH2]Oc1cccc2ccccc12. The molecule has 1 nitrogen and oxygen atoms in total. The molecule has 0 spiro atoms. The van der Waals surface area contributed by atoms with E-state index in [1.165, 1.54) is 5.39 Å². The topological polar surface area (TPSA) is 9.23 Å². The van der Waals surface area contributed by atoms with Gasteiger partial charge in [0.15, 0.2) is 0 Å². The standard InChI is InChI=1S/C11H9O/c1-12-11-8-4-6-9-5-2-3-7-10(9)11/h2-8H,1H2. The maximum atomic E-state index is 4.98. The molecule has 0 bridgehead atoms. The van der Waals surface area contributed by atoms with Crippen molar-refractivity contribution in [2.75, 3.05) is 0 Å². The van der Waals surface area contributed by atoms with E-state index in [4.69, 9.17) is 4.74 Å². The van der Waals surface area contributed by atoms with Gasteiger partial charge < -0.3 is 4.74 Å². The first-order chi connectivity index (χ1) is 5.92. The molecule has 0 saturated heterocycles. The van der Waals surface area contributed by atoms with Crippen LogP contribution < -0.4 is 4.74 Å². The molecule has 2 rings (SSSR count). The third-order valence-electron chi connectivity index (χ3n) is 1.91. The molecule has 0 saturated carbocycles. The predicted molar refractivity (Wildman–Crippen MR) is 49.9 cm³/mol. The number of hydrogen-bond donors (Lipinski definition) is 0. The second kappa shape index (κ2) is 2.86. The van der Waals surface area contributed by atoms with Gasteiger partial charge in [0.1, 0.15) is 12.9 Å². The normalized spacial score (nSPS) is 10.1. The smallest absolute Gasteiger partial charge is 0.127 e. The third kappa shape index (κ3) is 1.03. The summed E-state index contributed by atoms with van der Waals surface area (Å²) in [5, 5.41) is 2.29.